The molecule has 0 aliphatic carbocycles. The van der Waals surface area contributed by atoms with Crippen molar-refractivity contribution in [2.75, 3.05) is 6.54 Å². The molecule has 2 heterocycles. The average Bonchev–Trinajstić information content (AvgIpc) is 3.01. The zero-order valence-corrected chi connectivity index (χ0v) is 19.7. The van der Waals surface area contributed by atoms with Gasteiger partial charge in [-0.15, -0.1) is 0 Å². The zero-order valence-electron chi connectivity index (χ0n) is 17.1. The molecule has 0 radical (unpaired) electrons. The van der Waals surface area contributed by atoms with Crippen molar-refractivity contribution in [2.24, 2.45) is 0 Å². The Morgan fingerprint density at radius 1 is 1.19 bits per heavy atom. The third kappa shape index (κ3) is 4.66. The maximum atomic E-state index is 13.0. The second-order valence-electron chi connectivity index (χ2n) is 9.33. The van der Waals surface area contributed by atoms with E-state index in [0.29, 0.717) is 13.2 Å². The summed E-state index contributed by atoms with van der Waals surface area (Å²) in [5.74, 6) is 0.118. The van der Waals surface area contributed by atoms with Crippen molar-refractivity contribution in [3.8, 4) is 0 Å². The topological polar surface area (TPSA) is 38.8 Å². The Hall–Kier alpha value is -0.693. The van der Waals surface area contributed by atoms with Crippen molar-refractivity contribution in [3.63, 3.8) is 0 Å². The van der Waals surface area contributed by atoms with Crippen LogP contribution in [0.4, 0.5) is 0 Å². The summed E-state index contributed by atoms with van der Waals surface area (Å²) >= 11 is 3.82. The van der Waals surface area contributed by atoms with Crippen LogP contribution in [0.5, 0.6) is 0 Å². The Kier molecular flexibility index (Phi) is 6.21. The summed E-state index contributed by atoms with van der Waals surface area (Å²) < 4.78 is 12.6. The zero-order chi connectivity index (χ0) is 19.8. The monoisotopic (exact) mass is 453 g/mol. The first kappa shape index (κ1) is 21.0. The van der Waals surface area contributed by atoms with Crippen LogP contribution in [-0.4, -0.2) is 48.7 Å². The maximum Gasteiger partial charge on any atom is 0.252 e. The number of ether oxygens (including phenoxy) is 1. The first-order valence-corrected chi connectivity index (χ1v) is 13.7. The molecule has 6 heteroatoms. The van der Waals surface area contributed by atoms with Gasteiger partial charge >= 0.3 is 0 Å². The van der Waals surface area contributed by atoms with E-state index in [9.17, 15) is 4.79 Å². The highest BCUT2D eigenvalue weighted by molar-refractivity contribution is 9.09. The molecule has 0 unspecified atom stereocenters. The van der Waals surface area contributed by atoms with Crippen molar-refractivity contribution >= 4 is 30.2 Å². The quantitative estimate of drug-likeness (QED) is 0.477. The minimum atomic E-state index is -1.84. The van der Waals surface area contributed by atoms with E-state index < -0.39 is 8.32 Å². The molecule has 150 valence electrons. The Bertz CT molecular complexity index is 661. The normalized spacial score (nSPS) is 29.1. The van der Waals surface area contributed by atoms with Gasteiger partial charge in [-0.25, -0.2) is 0 Å². The molecule has 2 aliphatic heterocycles. The van der Waals surface area contributed by atoms with Gasteiger partial charge in [-0.3, -0.25) is 4.79 Å². The molecule has 1 amide bonds. The van der Waals surface area contributed by atoms with E-state index in [4.69, 9.17) is 9.16 Å². The van der Waals surface area contributed by atoms with Gasteiger partial charge in [-0.05, 0) is 36.5 Å². The molecule has 4 atom stereocenters. The Labute approximate surface area is 172 Å². The molecule has 2 aliphatic rings. The summed E-state index contributed by atoms with van der Waals surface area (Å²) in [6.45, 7) is 12.5. The van der Waals surface area contributed by atoms with Crippen molar-refractivity contribution in [2.45, 2.75) is 81.4 Å². The fourth-order valence-corrected chi connectivity index (χ4v) is 5.86. The molecule has 4 nitrogen and oxygen atoms in total. The highest BCUT2D eigenvalue weighted by atomic mass is 79.9. The second kappa shape index (κ2) is 7.97. The Balaban J connectivity index is 1.63. The SMILES string of the molecule is CC(C)(C)[Si](C)(C)O[C@@H]1C[C@@H]2[C@@H](Br)C[C@@H](OCc3ccccc3)C(=O)N2C1. The summed E-state index contributed by atoms with van der Waals surface area (Å²) in [5.41, 5.74) is 1.10. The lowest BCUT2D eigenvalue weighted by Crippen LogP contribution is -2.53. The molecule has 0 bridgehead atoms. The van der Waals surface area contributed by atoms with Gasteiger partial charge in [0.15, 0.2) is 8.32 Å². The lowest BCUT2D eigenvalue weighted by atomic mass is 9.99. The van der Waals surface area contributed by atoms with Crippen molar-refractivity contribution < 1.29 is 14.0 Å². The summed E-state index contributed by atoms with van der Waals surface area (Å²) in [7, 11) is -1.84. The molecule has 0 saturated carbocycles. The van der Waals surface area contributed by atoms with Gasteiger partial charge in [0.05, 0.1) is 12.7 Å². The first-order chi connectivity index (χ1) is 12.6. The molecule has 1 aromatic rings. The predicted molar refractivity (Wildman–Crippen MR) is 115 cm³/mol. The second-order valence-corrected chi connectivity index (χ2v) is 15.3. The van der Waals surface area contributed by atoms with E-state index >= 15 is 0 Å². The van der Waals surface area contributed by atoms with Crippen LogP contribution in [0.1, 0.15) is 39.2 Å². The van der Waals surface area contributed by atoms with Crippen LogP contribution in [0.15, 0.2) is 30.3 Å². The van der Waals surface area contributed by atoms with Crippen molar-refractivity contribution in [3.05, 3.63) is 35.9 Å². The van der Waals surface area contributed by atoms with Gasteiger partial charge in [-0.2, -0.15) is 0 Å². The molecule has 1 aromatic carbocycles. The van der Waals surface area contributed by atoms with Gasteiger partial charge in [0.2, 0.25) is 0 Å². The number of benzene rings is 1. The fraction of sp³-hybridized carbons (Fsp3) is 0.667. The number of amides is 1. The van der Waals surface area contributed by atoms with Crippen LogP contribution in [0.25, 0.3) is 0 Å². The summed E-state index contributed by atoms with van der Waals surface area (Å²) in [4.78, 5) is 15.3. The van der Waals surface area contributed by atoms with Crippen LogP contribution in [-0.2, 0) is 20.6 Å². The smallest absolute Gasteiger partial charge is 0.252 e. The number of hydrogen-bond donors (Lipinski definition) is 0. The van der Waals surface area contributed by atoms with E-state index in [-0.39, 0.29) is 34.0 Å². The number of carbonyl (C=O) groups excluding carboxylic acids is 1. The number of nitrogens with zero attached hydrogens (tertiary/aromatic N) is 1. The van der Waals surface area contributed by atoms with E-state index in [0.717, 1.165) is 18.4 Å². The van der Waals surface area contributed by atoms with E-state index in [1.165, 1.54) is 0 Å². The van der Waals surface area contributed by atoms with Crippen LogP contribution in [0.2, 0.25) is 18.1 Å². The highest BCUT2D eigenvalue weighted by Gasteiger charge is 2.49. The minimum absolute atomic E-state index is 0.118. The molecule has 0 spiro atoms. The molecule has 2 fully saturated rings. The Morgan fingerprint density at radius 2 is 1.85 bits per heavy atom. The molecule has 3 rings (SSSR count). The number of halogens is 1. The van der Waals surface area contributed by atoms with Crippen LogP contribution in [0, 0.1) is 0 Å². The van der Waals surface area contributed by atoms with E-state index in [1.54, 1.807) is 0 Å². The van der Waals surface area contributed by atoms with Gasteiger partial charge in [0, 0.05) is 17.4 Å². The molecular formula is C21H32BrNO3Si. The summed E-state index contributed by atoms with van der Waals surface area (Å²) in [6, 6.07) is 10.2. The molecule has 0 N–H and O–H groups in total. The standard InChI is InChI=1S/C21H32BrNO3Si/c1-21(2,3)27(4,5)26-16-11-18-17(22)12-19(20(24)23(18)13-16)25-14-15-9-7-6-8-10-15/h6-10,16-19H,11-14H2,1-5H3/t16-,17+,18-,19-/m1/s1. The maximum absolute atomic E-state index is 13.0. The molecule has 27 heavy (non-hydrogen) atoms. The number of rotatable bonds is 5. The third-order valence-corrected chi connectivity index (χ3v) is 11.8. The highest BCUT2D eigenvalue weighted by Crippen LogP contribution is 2.41. The number of piperidine rings is 1. The third-order valence-electron chi connectivity index (χ3n) is 6.28. The summed E-state index contributed by atoms with van der Waals surface area (Å²) in [5, 5.41) is 0.176. The van der Waals surface area contributed by atoms with Crippen LogP contribution >= 0.6 is 15.9 Å². The molecule has 2 saturated heterocycles. The van der Waals surface area contributed by atoms with Crippen molar-refractivity contribution in [1.82, 2.24) is 4.90 Å². The average molecular weight is 454 g/mol. The van der Waals surface area contributed by atoms with Crippen LogP contribution in [0.3, 0.4) is 0 Å². The van der Waals surface area contributed by atoms with Gasteiger partial charge in [0.25, 0.3) is 5.91 Å². The van der Waals surface area contributed by atoms with Gasteiger partial charge < -0.3 is 14.1 Å². The van der Waals surface area contributed by atoms with Gasteiger partial charge in [0.1, 0.15) is 6.10 Å². The molecule has 0 aromatic heterocycles. The number of hydrogen-bond acceptors (Lipinski definition) is 3. The number of carbonyl (C=O) groups is 1. The number of alkyl halides is 1. The van der Waals surface area contributed by atoms with E-state index in [2.05, 4.69) is 49.8 Å². The van der Waals surface area contributed by atoms with E-state index in [1.807, 2.05) is 35.2 Å². The lowest BCUT2D eigenvalue weighted by Gasteiger charge is -2.38. The van der Waals surface area contributed by atoms with Crippen LogP contribution < -0.4 is 0 Å². The first-order valence-electron chi connectivity index (χ1n) is 9.86. The predicted octanol–water partition coefficient (Wildman–Crippen LogP) is 4.73. The van der Waals surface area contributed by atoms with Crippen molar-refractivity contribution in [1.29, 1.82) is 0 Å². The largest absolute Gasteiger partial charge is 0.412 e. The number of fused-ring (bicyclic) bond motifs is 1. The lowest BCUT2D eigenvalue weighted by molar-refractivity contribution is -0.150. The Morgan fingerprint density at radius 3 is 2.48 bits per heavy atom. The van der Waals surface area contributed by atoms with Gasteiger partial charge in [-0.1, -0.05) is 67.0 Å². The summed E-state index contributed by atoms with van der Waals surface area (Å²) in [6.07, 6.45) is 1.39. The fourth-order valence-electron chi connectivity index (χ4n) is 3.66. The minimum Gasteiger partial charge on any atom is -0.412 e. The molecular weight excluding hydrogens is 422 g/mol.